The Balaban J connectivity index is 1.89. The van der Waals surface area contributed by atoms with Gasteiger partial charge in [-0.15, -0.1) is 0 Å². The number of benzene rings is 3. The average Bonchev–Trinajstić information content (AvgIpc) is 2.66. The fourth-order valence-corrected chi connectivity index (χ4v) is 4.57. The Bertz CT molecular complexity index is 1040. The highest BCUT2D eigenvalue weighted by molar-refractivity contribution is 5.88. The van der Waals surface area contributed by atoms with Gasteiger partial charge in [0, 0.05) is 11.3 Å². The van der Waals surface area contributed by atoms with Crippen LogP contribution in [0, 0.1) is 17.6 Å². The molecule has 28 heavy (non-hydrogen) atoms. The molecule has 0 saturated heterocycles. The van der Waals surface area contributed by atoms with Crippen molar-refractivity contribution in [2.45, 2.75) is 38.3 Å². The van der Waals surface area contributed by atoms with Crippen molar-refractivity contribution in [3.63, 3.8) is 0 Å². The van der Waals surface area contributed by atoms with E-state index in [9.17, 15) is 22.0 Å². The highest BCUT2D eigenvalue weighted by Gasteiger charge is 2.36. The van der Waals surface area contributed by atoms with E-state index in [1.165, 1.54) is 12.1 Å². The molecule has 0 unspecified atom stereocenters. The molecule has 0 heterocycles. The molecule has 1 aliphatic carbocycles. The van der Waals surface area contributed by atoms with Crippen LogP contribution >= 0.6 is 0 Å². The van der Waals surface area contributed by atoms with E-state index in [0.29, 0.717) is 10.9 Å². The van der Waals surface area contributed by atoms with Crippen LogP contribution in [-0.4, -0.2) is 0 Å². The van der Waals surface area contributed by atoms with Gasteiger partial charge >= 0.3 is 6.18 Å². The summed E-state index contributed by atoms with van der Waals surface area (Å²) in [6.45, 7) is 2.03. The van der Waals surface area contributed by atoms with E-state index in [1.807, 2.05) is 19.1 Å². The molecular weight excluding hydrogens is 371 g/mol. The van der Waals surface area contributed by atoms with Crippen molar-refractivity contribution < 1.29 is 22.0 Å². The third-order valence-electron chi connectivity index (χ3n) is 5.91. The fourth-order valence-electron chi connectivity index (χ4n) is 4.57. The number of alkyl halides is 3. The van der Waals surface area contributed by atoms with Gasteiger partial charge in [0.1, 0.15) is 11.6 Å². The molecule has 3 aromatic rings. The molecule has 146 valence electrons. The van der Waals surface area contributed by atoms with Gasteiger partial charge in [-0.1, -0.05) is 43.7 Å². The van der Waals surface area contributed by atoms with Crippen LogP contribution in [0.3, 0.4) is 0 Å². The van der Waals surface area contributed by atoms with Gasteiger partial charge in [-0.05, 0) is 59.0 Å². The zero-order valence-electron chi connectivity index (χ0n) is 15.3. The van der Waals surface area contributed by atoms with E-state index in [4.69, 9.17) is 0 Å². The molecule has 0 N–H and O–H groups in total. The Hall–Kier alpha value is -2.43. The molecule has 1 aliphatic rings. The van der Waals surface area contributed by atoms with Crippen LogP contribution in [0.2, 0.25) is 0 Å². The predicted octanol–water partition coefficient (Wildman–Crippen LogP) is 7.24. The zero-order chi connectivity index (χ0) is 20.1. The van der Waals surface area contributed by atoms with E-state index in [-0.39, 0.29) is 17.7 Å². The normalized spacial score (nSPS) is 19.6. The summed E-state index contributed by atoms with van der Waals surface area (Å²) in [4.78, 5) is 0. The van der Waals surface area contributed by atoms with Crippen LogP contribution in [0.1, 0.15) is 47.9 Å². The molecule has 0 fully saturated rings. The molecule has 2 atom stereocenters. The van der Waals surface area contributed by atoms with Gasteiger partial charge < -0.3 is 0 Å². The average molecular weight is 390 g/mol. The minimum atomic E-state index is -4.72. The first-order valence-electron chi connectivity index (χ1n) is 9.38. The maximum atomic E-state index is 14.2. The van der Waals surface area contributed by atoms with Crippen molar-refractivity contribution in [1.29, 1.82) is 0 Å². The molecule has 0 saturated carbocycles. The fraction of sp³-hybridized carbons (Fsp3) is 0.304. The number of rotatable bonds is 2. The summed E-state index contributed by atoms with van der Waals surface area (Å²) in [7, 11) is 0. The van der Waals surface area contributed by atoms with Gasteiger partial charge in [0.15, 0.2) is 0 Å². The number of halogens is 5. The number of aryl methyl sites for hydroxylation is 1. The quantitative estimate of drug-likeness (QED) is 0.405. The molecule has 0 nitrogen and oxygen atoms in total. The van der Waals surface area contributed by atoms with Crippen molar-refractivity contribution >= 4 is 10.8 Å². The number of hydrogen-bond acceptors (Lipinski definition) is 0. The third kappa shape index (κ3) is 3.07. The maximum absolute atomic E-state index is 14.2. The van der Waals surface area contributed by atoms with Crippen LogP contribution in [0.15, 0.2) is 48.5 Å². The molecule has 5 heteroatoms. The largest absolute Gasteiger partial charge is 0.419 e. The van der Waals surface area contributed by atoms with Crippen molar-refractivity contribution in [2.75, 3.05) is 0 Å². The summed E-state index contributed by atoms with van der Waals surface area (Å²) in [6.07, 6.45) is -2.29. The van der Waals surface area contributed by atoms with E-state index in [2.05, 4.69) is 0 Å². The van der Waals surface area contributed by atoms with Crippen molar-refractivity contribution in [3.05, 3.63) is 82.4 Å². The van der Waals surface area contributed by atoms with Gasteiger partial charge in [-0.3, -0.25) is 0 Å². The topological polar surface area (TPSA) is 0 Å². The van der Waals surface area contributed by atoms with Gasteiger partial charge in [0.25, 0.3) is 0 Å². The highest BCUT2D eigenvalue weighted by atomic mass is 19.4. The molecule has 0 spiro atoms. The molecule has 0 aliphatic heterocycles. The van der Waals surface area contributed by atoms with Crippen molar-refractivity contribution in [3.8, 4) is 0 Å². The van der Waals surface area contributed by atoms with Gasteiger partial charge in [0.05, 0.1) is 5.56 Å². The Labute approximate surface area is 160 Å². The first kappa shape index (κ1) is 18.9. The minimum absolute atomic E-state index is 0.189. The minimum Gasteiger partial charge on any atom is -0.206 e. The maximum Gasteiger partial charge on any atom is 0.419 e. The summed E-state index contributed by atoms with van der Waals surface area (Å²) in [6, 6.07) is 11.7. The second kappa shape index (κ2) is 6.87. The Morgan fingerprint density at radius 1 is 0.929 bits per heavy atom. The number of hydrogen-bond donors (Lipinski definition) is 0. The van der Waals surface area contributed by atoms with Crippen molar-refractivity contribution in [2.24, 2.45) is 5.92 Å². The molecule has 0 amide bonds. The first-order valence-corrected chi connectivity index (χ1v) is 9.38. The van der Waals surface area contributed by atoms with Crippen LogP contribution in [0.5, 0.6) is 0 Å². The lowest BCUT2D eigenvalue weighted by Gasteiger charge is -2.34. The molecular formula is C23H19F5. The van der Waals surface area contributed by atoms with E-state index in [0.717, 1.165) is 47.9 Å². The summed E-state index contributed by atoms with van der Waals surface area (Å²) in [5, 5.41) is 1.36. The van der Waals surface area contributed by atoms with Gasteiger partial charge in [-0.25, -0.2) is 8.78 Å². The molecule has 4 rings (SSSR count). The highest BCUT2D eigenvalue weighted by Crippen LogP contribution is 2.45. The van der Waals surface area contributed by atoms with Gasteiger partial charge in [0.2, 0.25) is 0 Å². The lowest BCUT2D eigenvalue weighted by atomic mass is 9.70. The third-order valence-corrected chi connectivity index (χ3v) is 5.91. The first-order chi connectivity index (χ1) is 13.3. The Morgan fingerprint density at radius 2 is 1.71 bits per heavy atom. The smallest absolute Gasteiger partial charge is 0.206 e. The lowest BCUT2D eigenvalue weighted by molar-refractivity contribution is -0.140. The van der Waals surface area contributed by atoms with Crippen LogP contribution in [0.25, 0.3) is 10.8 Å². The summed E-state index contributed by atoms with van der Waals surface area (Å²) >= 11 is 0. The molecule has 0 radical (unpaired) electrons. The monoisotopic (exact) mass is 390 g/mol. The Morgan fingerprint density at radius 3 is 2.39 bits per heavy atom. The van der Waals surface area contributed by atoms with E-state index < -0.39 is 17.6 Å². The van der Waals surface area contributed by atoms with Crippen LogP contribution in [0.4, 0.5) is 22.0 Å². The zero-order valence-corrected chi connectivity index (χ0v) is 15.3. The Kier molecular flexibility index (Phi) is 4.64. The second-order valence-electron chi connectivity index (χ2n) is 7.39. The van der Waals surface area contributed by atoms with E-state index in [1.54, 1.807) is 12.1 Å². The van der Waals surface area contributed by atoms with Gasteiger partial charge in [-0.2, -0.15) is 13.2 Å². The lowest BCUT2D eigenvalue weighted by Crippen LogP contribution is -2.22. The number of fused-ring (bicyclic) bond motifs is 3. The summed E-state index contributed by atoms with van der Waals surface area (Å²) in [5.41, 5.74) is 1.25. The standard InChI is InChI=1S/C23H19F5/c1-2-13-6-8-16-15-4-3-5-20(24)17(15)9-10-18(16)22(13)14-7-11-19(21(25)12-14)23(26,27)28/h3-5,7,9-13,22H,2,6,8H2,1H3/t13-,22-/m1/s1. The van der Waals surface area contributed by atoms with Crippen LogP contribution in [-0.2, 0) is 12.6 Å². The SMILES string of the molecule is CC[C@@H]1CCc2c(ccc3c(F)cccc23)[C@H]1c1ccc(C(F)(F)F)c(F)c1. The molecule has 3 aromatic carbocycles. The predicted molar refractivity (Wildman–Crippen MR) is 99.3 cm³/mol. The molecule has 0 bridgehead atoms. The van der Waals surface area contributed by atoms with Crippen LogP contribution < -0.4 is 0 Å². The summed E-state index contributed by atoms with van der Waals surface area (Å²) < 4.78 is 67.2. The molecule has 0 aromatic heterocycles. The van der Waals surface area contributed by atoms with Crippen molar-refractivity contribution in [1.82, 2.24) is 0 Å². The van der Waals surface area contributed by atoms with E-state index >= 15 is 0 Å². The summed E-state index contributed by atoms with van der Waals surface area (Å²) in [5.74, 6) is -1.57. The second-order valence-corrected chi connectivity index (χ2v) is 7.39.